The molecular formula is C12H11BrCl2N2O3S. The van der Waals surface area contributed by atoms with E-state index in [0.717, 1.165) is 5.56 Å². The van der Waals surface area contributed by atoms with Crippen molar-refractivity contribution >= 4 is 47.3 Å². The van der Waals surface area contributed by atoms with E-state index in [-0.39, 0.29) is 22.3 Å². The monoisotopic (exact) mass is 412 g/mol. The van der Waals surface area contributed by atoms with Gasteiger partial charge in [0, 0.05) is 34.8 Å². The molecule has 1 aromatic carbocycles. The molecule has 114 valence electrons. The summed E-state index contributed by atoms with van der Waals surface area (Å²) in [5.74, 6) is 0.0544. The first-order valence-electron chi connectivity index (χ1n) is 5.81. The van der Waals surface area contributed by atoms with Gasteiger partial charge in [-0.25, -0.2) is 8.42 Å². The maximum Gasteiger partial charge on any atom is 0.265 e. The number of hydrogen-bond donors (Lipinski definition) is 0. The van der Waals surface area contributed by atoms with Gasteiger partial charge in [0.25, 0.3) is 9.05 Å². The van der Waals surface area contributed by atoms with Crippen LogP contribution in [0.1, 0.15) is 5.56 Å². The second kappa shape index (κ2) is 6.56. The lowest BCUT2D eigenvalue weighted by atomic mass is 10.3. The quantitative estimate of drug-likeness (QED) is 0.705. The number of rotatable bonds is 5. The molecule has 1 aromatic heterocycles. The number of benzene rings is 1. The van der Waals surface area contributed by atoms with Gasteiger partial charge >= 0.3 is 0 Å². The van der Waals surface area contributed by atoms with Crippen molar-refractivity contribution in [1.29, 1.82) is 0 Å². The van der Waals surface area contributed by atoms with E-state index in [1.807, 2.05) is 13.2 Å². The summed E-state index contributed by atoms with van der Waals surface area (Å²) in [5.41, 5.74) is 0.973. The molecule has 0 amide bonds. The van der Waals surface area contributed by atoms with E-state index in [1.165, 1.54) is 6.07 Å². The minimum absolute atomic E-state index is 0.0544. The molecule has 0 atom stereocenters. The molecule has 0 aliphatic rings. The average molecular weight is 414 g/mol. The number of aromatic nitrogens is 2. The molecule has 5 nitrogen and oxygen atoms in total. The molecule has 2 aromatic rings. The first-order chi connectivity index (χ1) is 9.77. The van der Waals surface area contributed by atoms with Crippen LogP contribution in [-0.4, -0.2) is 24.8 Å². The third kappa shape index (κ3) is 4.35. The Morgan fingerprint density at radius 3 is 2.71 bits per heavy atom. The molecule has 0 aliphatic carbocycles. The fourth-order valence-corrected chi connectivity index (χ4v) is 3.80. The number of ether oxygens (including phenoxy) is 1. The highest BCUT2D eigenvalue weighted by atomic mass is 79.9. The van der Waals surface area contributed by atoms with E-state index in [0.29, 0.717) is 10.9 Å². The Kier molecular flexibility index (Phi) is 5.19. The Balaban J connectivity index is 2.19. The molecule has 9 heteroatoms. The van der Waals surface area contributed by atoms with Crippen LogP contribution < -0.4 is 4.74 Å². The van der Waals surface area contributed by atoms with E-state index in [2.05, 4.69) is 21.0 Å². The molecule has 21 heavy (non-hydrogen) atoms. The Hall–Kier alpha value is -0.760. The molecule has 2 rings (SSSR count). The summed E-state index contributed by atoms with van der Waals surface area (Å²) in [7, 11) is 3.27. The van der Waals surface area contributed by atoms with Gasteiger partial charge in [-0.05, 0) is 17.7 Å². The lowest BCUT2D eigenvalue weighted by Gasteiger charge is -2.11. The van der Waals surface area contributed by atoms with Crippen LogP contribution in [-0.2, 0) is 22.5 Å². The Morgan fingerprint density at radius 2 is 2.14 bits per heavy atom. The van der Waals surface area contributed by atoms with Crippen molar-refractivity contribution in [3.8, 4) is 5.75 Å². The predicted octanol–water partition coefficient (Wildman–Crippen LogP) is 3.39. The minimum Gasteiger partial charge on any atom is -0.490 e. The van der Waals surface area contributed by atoms with Gasteiger partial charge < -0.3 is 4.74 Å². The van der Waals surface area contributed by atoms with Crippen LogP contribution in [0.2, 0.25) is 5.02 Å². The van der Waals surface area contributed by atoms with Gasteiger partial charge in [-0.2, -0.15) is 5.10 Å². The molecule has 0 saturated heterocycles. The predicted molar refractivity (Wildman–Crippen MR) is 84.6 cm³/mol. The van der Waals surface area contributed by atoms with Crippen LogP contribution in [0.3, 0.4) is 0 Å². The summed E-state index contributed by atoms with van der Waals surface area (Å²) in [4.78, 5) is -0.158. The third-order valence-electron chi connectivity index (χ3n) is 2.63. The SMILES string of the molecule is Cn1cc(CCOc2c(Cl)cc(Br)cc2S(=O)(=O)Cl)cn1. The Bertz CT molecular complexity index is 762. The van der Waals surface area contributed by atoms with Crippen LogP contribution in [0.4, 0.5) is 0 Å². The van der Waals surface area contributed by atoms with E-state index < -0.39 is 9.05 Å². The second-order valence-electron chi connectivity index (χ2n) is 4.27. The van der Waals surface area contributed by atoms with Gasteiger partial charge in [0.1, 0.15) is 4.90 Å². The molecule has 0 saturated carbocycles. The second-order valence-corrected chi connectivity index (χ2v) is 8.13. The molecule has 0 aliphatic heterocycles. The molecule has 0 bridgehead atoms. The highest BCUT2D eigenvalue weighted by molar-refractivity contribution is 9.10. The number of halogens is 3. The molecule has 0 spiro atoms. The highest BCUT2D eigenvalue weighted by Gasteiger charge is 2.21. The van der Waals surface area contributed by atoms with E-state index in [4.69, 9.17) is 27.0 Å². The fraction of sp³-hybridized carbons (Fsp3) is 0.250. The smallest absolute Gasteiger partial charge is 0.265 e. The molecule has 1 heterocycles. The summed E-state index contributed by atoms with van der Waals surface area (Å²) in [6.45, 7) is 0.256. The largest absolute Gasteiger partial charge is 0.490 e. The van der Waals surface area contributed by atoms with Gasteiger partial charge in [0.05, 0.1) is 17.8 Å². The normalized spacial score (nSPS) is 11.6. The fourth-order valence-electron chi connectivity index (χ4n) is 1.73. The highest BCUT2D eigenvalue weighted by Crippen LogP contribution is 2.37. The molecule has 0 unspecified atom stereocenters. The van der Waals surface area contributed by atoms with Gasteiger partial charge in [-0.1, -0.05) is 27.5 Å². The van der Waals surface area contributed by atoms with E-state index in [9.17, 15) is 8.42 Å². The maximum absolute atomic E-state index is 11.6. The zero-order valence-corrected chi connectivity index (χ0v) is 14.8. The van der Waals surface area contributed by atoms with Crippen LogP contribution in [0.5, 0.6) is 5.75 Å². The van der Waals surface area contributed by atoms with Gasteiger partial charge in [0.2, 0.25) is 0 Å². The summed E-state index contributed by atoms with van der Waals surface area (Å²) >= 11 is 9.21. The van der Waals surface area contributed by atoms with E-state index >= 15 is 0 Å². The molecular weight excluding hydrogens is 403 g/mol. The van der Waals surface area contributed by atoms with Crippen LogP contribution in [0.15, 0.2) is 33.9 Å². The molecule has 0 radical (unpaired) electrons. The van der Waals surface area contributed by atoms with Crippen molar-refractivity contribution in [2.45, 2.75) is 11.3 Å². The van der Waals surface area contributed by atoms with Crippen molar-refractivity contribution in [2.24, 2.45) is 7.05 Å². The van der Waals surface area contributed by atoms with Crippen molar-refractivity contribution in [1.82, 2.24) is 9.78 Å². The molecule has 0 N–H and O–H groups in total. The van der Waals surface area contributed by atoms with Crippen LogP contribution in [0, 0.1) is 0 Å². The lowest BCUT2D eigenvalue weighted by molar-refractivity contribution is 0.314. The topological polar surface area (TPSA) is 61.2 Å². The zero-order chi connectivity index (χ0) is 15.6. The number of hydrogen-bond acceptors (Lipinski definition) is 4. The number of aryl methyl sites for hydroxylation is 1. The summed E-state index contributed by atoms with van der Waals surface area (Å²) in [6, 6.07) is 2.90. The standard InChI is InChI=1S/C12H11BrCl2N2O3S/c1-17-7-8(6-16-17)2-3-20-12-10(14)4-9(13)5-11(12)21(15,18)19/h4-7H,2-3H2,1H3. The van der Waals surface area contributed by atoms with Crippen molar-refractivity contribution in [2.75, 3.05) is 6.61 Å². The van der Waals surface area contributed by atoms with Crippen LogP contribution >= 0.6 is 38.2 Å². The lowest BCUT2D eigenvalue weighted by Crippen LogP contribution is -2.05. The Labute approximate surface area is 140 Å². The zero-order valence-electron chi connectivity index (χ0n) is 10.9. The minimum atomic E-state index is -3.95. The molecule has 0 fully saturated rings. The first-order valence-corrected chi connectivity index (χ1v) is 9.29. The van der Waals surface area contributed by atoms with Gasteiger partial charge in [0.15, 0.2) is 5.75 Å². The van der Waals surface area contributed by atoms with Crippen molar-refractivity contribution < 1.29 is 13.2 Å². The number of nitrogens with zero attached hydrogens (tertiary/aromatic N) is 2. The van der Waals surface area contributed by atoms with Crippen molar-refractivity contribution in [3.63, 3.8) is 0 Å². The van der Waals surface area contributed by atoms with Gasteiger partial charge in [-0.15, -0.1) is 0 Å². The maximum atomic E-state index is 11.6. The third-order valence-corrected chi connectivity index (χ3v) is 4.70. The Morgan fingerprint density at radius 1 is 1.43 bits per heavy atom. The van der Waals surface area contributed by atoms with E-state index in [1.54, 1.807) is 16.9 Å². The van der Waals surface area contributed by atoms with Crippen LogP contribution in [0.25, 0.3) is 0 Å². The summed E-state index contributed by atoms with van der Waals surface area (Å²) in [5, 5.41) is 4.22. The summed E-state index contributed by atoms with van der Waals surface area (Å²) in [6.07, 6.45) is 4.14. The summed E-state index contributed by atoms with van der Waals surface area (Å²) < 4.78 is 30.9. The van der Waals surface area contributed by atoms with Gasteiger partial charge in [-0.3, -0.25) is 4.68 Å². The van der Waals surface area contributed by atoms with Crippen molar-refractivity contribution in [3.05, 3.63) is 39.6 Å². The first kappa shape index (κ1) is 16.6. The average Bonchev–Trinajstić information content (AvgIpc) is 2.76.